The van der Waals surface area contributed by atoms with E-state index in [9.17, 15) is 0 Å². The van der Waals surface area contributed by atoms with E-state index >= 15 is 0 Å². The van der Waals surface area contributed by atoms with Gasteiger partial charge in [0.05, 0.1) is 0 Å². The minimum Gasteiger partial charge on any atom is -0.269 e. The minimum absolute atomic E-state index is 0.770. The van der Waals surface area contributed by atoms with E-state index in [-0.39, 0.29) is 0 Å². The number of aliphatic imine (C=N–C) groups is 1. The van der Waals surface area contributed by atoms with Gasteiger partial charge in [-0.2, -0.15) is 0 Å². The molecule has 2 heteroatoms. The zero-order valence-electron chi connectivity index (χ0n) is 11.0. The fraction of sp³-hybridized carbons (Fsp3) is 0.267. The lowest BCUT2D eigenvalue weighted by atomic mass is 10.0. The first-order chi connectivity index (χ1) is 8.10. The molecule has 1 rings (SSSR count). The first-order valence-corrected chi connectivity index (χ1v) is 6.04. The van der Waals surface area contributed by atoms with Gasteiger partial charge in [-0.3, -0.25) is 4.99 Å². The van der Waals surface area contributed by atoms with Crippen molar-refractivity contribution < 1.29 is 0 Å². The van der Waals surface area contributed by atoms with Crippen molar-refractivity contribution in [1.29, 1.82) is 0 Å². The molecule has 1 aromatic carbocycles. The van der Waals surface area contributed by atoms with Crippen LogP contribution >= 0.6 is 11.6 Å². The highest BCUT2D eigenvalue weighted by atomic mass is 35.5. The number of halogens is 1. The van der Waals surface area contributed by atoms with E-state index in [0.29, 0.717) is 0 Å². The van der Waals surface area contributed by atoms with Crippen LogP contribution in [-0.4, -0.2) is 6.72 Å². The quantitative estimate of drug-likeness (QED) is 0.510. The molecule has 0 radical (unpaired) electrons. The smallest absolute Gasteiger partial charge is 0.0443 e. The third-order valence-corrected chi connectivity index (χ3v) is 2.72. The number of allylic oxidation sites excluding steroid dienone is 3. The van der Waals surface area contributed by atoms with E-state index in [1.165, 1.54) is 0 Å². The van der Waals surface area contributed by atoms with Crippen molar-refractivity contribution in [1.82, 2.24) is 0 Å². The topological polar surface area (TPSA) is 12.4 Å². The molecule has 0 aliphatic carbocycles. The second-order valence-corrected chi connectivity index (χ2v) is 3.73. The van der Waals surface area contributed by atoms with Crippen LogP contribution < -0.4 is 0 Å². The van der Waals surface area contributed by atoms with Crippen molar-refractivity contribution in [2.24, 2.45) is 4.99 Å². The number of nitrogens with zero attached hydrogens (tertiary/aromatic N) is 1. The van der Waals surface area contributed by atoms with Gasteiger partial charge in [0.1, 0.15) is 0 Å². The Balaban J connectivity index is 0.00000121. The summed E-state index contributed by atoms with van der Waals surface area (Å²) >= 11 is 5.96. The molecule has 0 saturated heterocycles. The standard InChI is InChI=1S/C13H14ClN.C2H6/c1-5-12(10(3)15-4)11-6-7-13(14)9(2)8-11;1-2/h5-8H,1,4H2,2-3H3;1-2H3/b12-10+;. The van der Waals surface area contributed by atoms with Crippen LogP contribution in [0.3, 0.4) is 0 Å². The van der Waals surface area contributed by atoms with Crippen molar-refractivity contribution in [3.8, 4) is 0 Å². The van der Waals surface area contributed by atoms with Crippen molar-refractivity contribution >= 4 is 23.9 Å². The second-order valence-electron chi connectivity index (χ2n) is 3.33. The summed E-state index contributed by atoms with van der Waals surface area (Å²) in [6.45, 7) is 15.2. The molecule has 0 aliphatic heterocycles. The van der Waals surface area contributed by atoms with Gasteiger partial charge in [0.25, 0.3) is 0 Å². The summed E-state index contributed by atoms with van der Waals surface area (Å²) in [6.07, 6.45) is 1.78. The van der Waals surface area contributed by atoms with Crippen molar-refractivity contribution in [2.75, 3.05) is 0 Å². The lowest BCUT2D eigenvalue weighted by Crippen LogP contribution is -1.86. The van der Waals surface area contributed by atoms with Gasteiger partial charge in [-0.05, 0) is 43.8 Å². The highest BCUT2D eigenvalue weighted by Crippen LogP contribution is 2.24. The summed E-state index contributed by atoms with van der Waals surface area (Å²) in [4.78, 5) is 3.91. The van der Waals surface area contributed by atoms with E-state index < -0.39 is 0 Å². The number of rotatable bonds is 3. The van der Waals surface area contributed by atoms with Crippen molar-refractivity contribution in [2.45, 2.75) is 27.7 Å². The molecule has 0 N–H and O–H groups in total. The van der Waals surface area contributed by atoms with Crippen LogP contribution in [0.4, 0.5) is 0 Å². The molecule has 17 heavy (non-hydrogen) atoms. The molecule has 0 saturated carbocycles. The van der Waals surface area contributed by atoms with Crippen LogP contribution in [0.5, 0.6) is 0 Å². The van der Waals surface area contributed by atoms with Gasteiger partial charge in [0, 0.05) is 16.3 Å². The largest absolute Gasteiger partial charge is 0.269 e. The molecule has 0 heterocycles. The molecule has 0 unspecified atom stereocenters. The zero-order chi connectivity index (χ0) is 13.4. The second kappa shape index (κ2) is 7.86. The summed E-state index contributed by atoms with van der Waals surface area (Å²) in [6, 6.07) is 5.86. The van der Waals surface area contributed by atoms with E-state index in [4.69, 9.17) is 11.6 Å². The predicted octanol–water partition coefficient (Wildman–Crippen LogP) is 5.29. The Morgan fingerprint density at radius 2 is 1.94 bits per heavy atom. The van der Waals surface area contributed by atoms with Crippen LogP contribution in [0.2, 0.25) is 5.02 Å². The van der Waals surface area contributed by atoms with Crippen LogP contribution in [-0.2, 0) is 0 Å². The Hall–Kier alpha value is -1.34. The van der Waals surface area contributed by atoms with Crippen LogP contribution in [0.1, 0.15) is 31.9 Å². The maximum atomic E-state index is 5.96. The molecule has 0 fully saturated rings. The monoisotopic (exact) mass is 249 g/mol. The zero-order valence-corrected chi connectivity index (χ0v) is 11.8. The van der Waals surface area contributed by atoms with E-state index in [1.54, 1.807) is 6.08 Å². The summed E-state index contributed by atoms with van der Waals surface area (Å²) in [5, 5.41) is 0.770. The number of hydrogen-bond acceptors (Lipinski definition) is 1. The molecule has 0 spiro atoms. The van der Waals surface area contributed by atoms with Gasteiger partial charge in [-0.1, -0.05) is 44.2 Å². The maximum Gasteiger partial charge on any atom is 0.0443 e. The molecule has 1 nitrogen and oxygen atoms in total. The summed E-state index contributed by atoms with van der Waals surface area (Å²) < 4.78 is 0. The molecule has 0 bridgehead atoms. The number of hydrogen-bond donors (Lipinski definition) is 0. The normalized spacial score (nSPS) is 10.9. The molecule has 0 atom stereocenters. The van der Waals surface area contributed by atoms with Gasteiger partial charge in [0.2, 0.25) is 0 Å². The third kappa shape index (κ3) is 4.20. The minimum atomic E-state index is 0.770. The number of benzene rings is 1. The molecule has 1 aromatic rings. The molecular weight excluding hydrogens is 230 g/mol. The third-order valence-electron chi connectivity index (χ3n) is 2.30. The Bertz CT molecular complexity index is 431. The maximum absolute atomic E-state index is 5.96. The molecule has 92 valence electrons. The highest BCUT2D eigenvalue weighted by Gasteiger charge is 2.03. The molecule has 0 amide bonds. The van der Waals surface area contributed by atoms with E-state index in [1.807, 2.05) is 45.9 Å². The van der Waals surface area contributed by atoms with Gasteiger partial charge >= 0.3 is 0 Å². The first-order valence-electron chi connectivity index (χ1n) is 5.66. The van der Waals surface area contributed by atoms with Crippen LogP contribution in [0, 0.1) is 6.92 Å². The fourth-order valence-electron chi connectivity index (χ4n) is 1.37. The first kappa shape index (κ1) is 15.7. The average molecular weight is 250 g/mol. The van der Waals surface area contributed by atoms with Gasteiger partial charge in [-0.15, -0.1) is 0 Å². The fourth-order valence-corrected chi connectivity index (χ4v) is 1.49. The Kier molecular flexibility index (Phi) is 7.24. The SMILES string of the molecule is C=C/C(=C(/C)N=C)c1ccc(Cl)c(C)c1.CC. The highest BCUT2D eigenvalue weighted by molar-refractivity contribution is 6.31. The predicted molar refractivity (Wildman–Crippen MR) is 79.9 cm³/mol. The Morgan fingerprint density at radius 3 is 2.35 bits per heavy atom. The lowest BCUT2D eigenvalue weighted by molar-refractivity contribution is 1.32. The van der Waals surface area contributed by atoms with Crippen LogP contribution in [0.15, 0.2) is 41.5 Å². The summed E-state index contributed by atoms with van der Waals surface area (Å²) in [7, 11) is 0. The van der Waals surface area contributed by atoms with Crippen molar-refractivity contribution in [3.05, 3.63) is 52.7 Å². The Morgan fingerprint density at radius 1 is 1.35 bits per heavy atom. The van der Waals surface area contributed by atoms with Gasteiger partial charge in [0.15, 0.2) is 0 Å². The molecule has 0 aromatic heterocycles. The van der Waals surface area contributed by atoms with Crippen LogP contribution in [0.25, 0.3) is 5.57 Å². The molecular formula is C15H20ClN. The van der Waals surface area contributed by atoms with E-state index in [0.717, 1.165) is 27.4 Å². The average Bonchev–Trinajstić information content (AvgIpc) is 2.36. The van der Waals surface area contributed by atoms with Gasteiger partial charge < -0.3 is 0 Å². The van der Waals surface area contributed by atoms with E-state index in [2.05, 4.69) is 18.3 Å². The van der Waals surface area contributed by atoms with Gasteiger partial charge in [-0.25, -0.2) is 0 Å². The molecule has 0 aliphatic rings. The summed E-state index contributed by atoms with van der Waals surface area (Å²) in [5.41, 5.74) is 3.97. The Labute approximate surface area is 110 Å². The summed E-state index contributed by atoms with van der Waals surface area (Å²) in [5.74, 6) is 0. The number of aryl methyl sites for hydroxylation is 1. The lowest BCUT2D eigenvalue weighted by Gasteiger charge is -2.07. The van der Waals surface area contributed by atoms with Crippen molar-refractivity contribution in [3.63, 3.8) is 0 Å².